The van der Waals surface area contributed by atoms with Crippen molar-refractivity contribution in [2.24, 2.45) is 0 Å². The van der Waals surface area contributed by atoms with E-state index in [9.17, 15) is 25.0 Å². The Morgan fingerprint density at radius 1 is 0.702 bits per heavy atom. The Balaban J connectivity index is 0.000000189. The van der Waals surface area contributed by atoms with Gasteiger partial charge in [-0.3, -0.25) is 13.7 Å². The molecule has 0 aliphatic carbocycles. The SMILES string of the molecule is Nc1ncnc2c1ncn2[C@@H]1O[C@H](CO)[C@@H](O)[C@H]1O.Nc1ncnc2c1ncn2[C@@H]1O[C@H](COP(=O)(O)O)[C@@H](O)[C@H]1O.O=P(O)(O)O. The molecule has 6 heterocycles. The first-order valence-corrected chi connectivity index (χ1v) is 16.0. The summed E-state index contributed by atoms with van der Waals surface area (Å²) < 4.78 is 37.5. The van der Waals surface area contributed by atoms with Gasteiger partial charge in [-0.25, -0.2) is 39.0 Å². The van der Waals surface area contributed by atoms with Gasteiger partial charge in [0.2, 0.25) is 0 Å². The van der Waals surface area contributed by atoms with Crippen molar-refractivity contribution >= 4 is 49.6 Å². The molecular weight excluding hydrogens is 682 g/mol. The third kappa shape index (κ3) is 8.57. The van der Waals surface area contributed by atoms with Crippen LogP contribution in [0.25, 0.3) is 22.3 Å². The lowest BCUT2D eigenvalue weighted by molar-refractivity contribution is -0.0511. The molecule has 47 heavy (non-hydrogen) atoms. The summed E-state index contributed by atoms with van der Waals surface area (Å²) in [6.45, 7) is -0.985. The van der Waals surface area contributed by atoms with Crippen LogP contribution in [0.3, 0.4) is 0 Å². The zero-order valence-electron chi connectivity index (χ0n) is 23.5. The van der Waals surface area contributed by atoms with Crippen LogP contribution in [0.15, 0.2) is 25.3 Å². The summed E-state index contributed by atoms with van der Waals surface area (Å²) in [5.41, 5.74) is 12.7. The van der Waals surface area contributed by atoms with Crippen LogP contribution in [0.4, 0.5) is 11.6 Å². The van der Waals surface area contributed by atoms with E-state index in [1.165, 1.54) is 34.4 Å². The molecule has 14 N–H and O–H groups in total. The number of nitrogens with zero attached hydrogens (tertiary/aromatic N) is 8. The number of aliphatic hydroxyl groups is 5. The fraction of sp³-hybridized carbons (Fsp3) is 0.500. The van der Waals surface area contributed by atoms with Crippen molar-refractivity contribution in [3.63, 3.8) is 0 Å². The van der Waals surface area contributed by atoms with Gasteiger partial charge in [0.15, 0.2) is 35.4 Å². The van der Waals surface area contributed by atoms with Gasteiger partial charge in [0.05, 0.1) is 25.9 Å². The van der Waals surface area contributed by atoms with E-state index >= 15 is 0 Å². The van der Waals surface area contributed by atoms with Crippen LogP contribution >= 0.6 is 15.6 Å². The predicted molar refractivity (Wildman–Crippen MR) is 151 cm³/mol. The van der Waals surface area contributed by atoms with Gasteiger partial charge in [0.1, 0.15) is 60.3 Å². The number of ether oxygens (including phenoxy) is 2. The molecule has 0 aromatic carbocycles. The molecule has 4 aromatic heterocycles. The first-order chi connectivity index (χ1) is 21.9. The maximum absolute atomic E-state index is 10.7. The number of hydrogen-bond donors (Lipinski definition) is 12. The van der Waals surface area contributed by atoms with E-state index in [0.29, 0.717) is 16.7 Å². The molecule has 27 heteroatoms. The van der Waals surface area contributed by atoms with Crippen LogP contribution in [0.5, 0.6) is 0 Å². The van der Waals surface area contributed by atoms with Crippen molar-refractivity contribution in [3.8, 4) is 0 Å². The number of rotatable bonds is 6. The predicted octanol–water partition coefficient (Wildman–Crippen LogP) is -4.77. The molecule has 8 atom stereocenters. The summed E-state index contributed by atoms with van der Waals surface area (Å²) in [6, 6.07) is 0. The molecule has 0 bridgehead atoms. The van der Waals surface area contributed by atoms with E-state index in [4.69, 9.17) is 55.1 Å². The second-order valence-corrected chi connectivity index (χ2v) is 12.0. The minimum atomic E-state index is -4.72. The standard InChI is InChI=1S/C10H14N5O7P.C10H13N5O4.H3O4P/c11-8-5-9(13-2-12-8)15(3-14-5)10-7(17)6(16)4(22-10)1-21-23(18,19)20;11-8-5-9(13-2-12-8)15(3-14-5)10-7(18)6(17)4(1-16)19-10;1-5(2,3)4/h2-4,6-7,10,16-17H,1H2,(H2,11,12,13)(H2,18,19,20);2-4,6-7,10,16-18H,1H2,(H2,11,12,13);(H3,1,2,3,4)/t2*4-,6-,7-,10-;/m11./s1. The highest BCUT2D eigenvalue weighted by molar-refractivity contribution is 7.46. The molecule has 6 rings (SSSR count). The molecule has 4 aromatic rings. The van der Waals surface area contributed by atoms with E-state index in [1.54, 1.807) is 0 Å². The first kappa shape index (κ1) is 36.5. The van der Waals surface area contributed by atoms with Crippen LogP contribution in [-0.2, 0) is 23.1 Å². The second-order valence-electron chi connectivity index (χ2n) is 9.74. The number of phosphoric ester groups is 1. The van der Waals surface area contributed by atoms with Gasteiger partial charge in [0.25, 0.3) is 0 Å². The Morgan fingerprint density at radius 2 is 1.11 bits per heavy atom. The number of anilines is 2. The molecule has 0 spiro atoms. The fourth-order valence-electron chi connectivity index (χ4n) is 4.49. The van der Waals surface area contributed by atoms with Crippen molar-refractivity contribution in [3.05, 3.63) is 25.3 Å². The van der Waals surface area contributed by atoms with Crippen molar-refractivity contribution in [2.45, 2.75) is 49.1 Å². The van der Waals surface area contributed by atoms with Gasteiger partial charge in [-0.2, -0.15) is 0 Å². The highest BCUT2D eigenvalue weighted by Gasteiger charge is 2.45. The molecule has 2 aliphatic heterocycles. The monoisotopic (exact) mass is 712 g/mol. The molecular formula is C20H30N10O15P2. The molecule has 2 saturated heterocycles. The van der Waals surface area contributed by atoms with Crippen molar-refractivity contribution < 1.29 is 73.1 Å². The van der Waals surface area contributed by atoms with E-state index < -0.39 is 77.9 Å². The second kappa shape index (κ2) is 14.4. The molecule has 0 saturated carbocycles. The molecule has 0 unspecified atom stereocenters. The van der Waals surface area contributed by atoms with Crippen LogP contribution in [0.2, 0.25) is 0 Å². The van der Waals surface area contributed by atoms with Crippen LogP contribution in [0.1, 0.15) is 12.5 Å². The summed E-state index contributed by atoms with van der Waals surface area (Å²) in [5.74, 6) is 0.360. The van der Waals surface area contributed by atoms with Crippen LogP contribution in [0, 0.1) is 0 Å². The minimum absolute atomic E-state index is 0.142. The maximum atomic E-state index is 10.7. The highest BCUT2D eigenvalue weighted by Crippen LogP contribution is 2.39. The average Bonchev–Trinajstić information content (AvgIpc) is 3.74. The lowest BCUT2D eigenvalue weighted by Crippen LogP contribution is -2.33. The third-order valence-corrected chi connectivity index (χ3v) is 7.07. The zero-order valence-corrected chi connectivity index (χ0v) is 25.3. The summed E-state index contributed by atoms with van der Waals surface area (Å²) in [4.78, 5) is 62.6. The van der Waals surface area contributed by atoms with Crippen molar-refractivity contribution in [1.29, 1.82) is 0 Å². The summed E-state index contributed by atoms with van der Waals surface area (Å²) in [6.07, 6.45) is -3.91. The topological polar surface area (TPSA) is 403 Å². The van der Waals surface area contributed by atoms with E-state index in [0.717, 1.165) is 0 Å². The normalized spacial score (nSPS) is 27.8. The van der Waals surface area contributed by atoms with Crippen molar-refractivity contribution in [1.82, 2.24) is 39.0 Å². The number of hydrogen-bond acceptors (Lipinski definition) is 18. The van der Waals surface area contributed by atoms with Gasteiger partial charge < -0.3 is 70.9 Å². The summed E-state index contributed by atoms with van der Waals surface area (Å²) in [7, 11) is -9.36. The van der Waals surface area contributed by atoms with Gasteiger partial charge in [-0.15, -0.1) is 0 Å². The van der Waals surface area contributed by atoms with Gasteiger partial charge >= 0.3 is 15.6 Å². The first-order valence-electron chi connectivity index (χ1n) is 12.9. The summed E-state index contributed by atoms with van der Waals surface area (Å²) in [5, 5.41) is 48.8. The third-order valence-electron chi connectivity index (χ3n) is 6.58. The number of imidazole rings is 2. The smallest absolute Gasteiger partial charge is 0.394 e. The average molecular weight is 712 g/mol. The molecule has 2 aliphatic rings. The minimum Gasteiger partial charge on any atom is -0.394 e. The van der Waals surface area contributed by atoms with Gasteiger partial charge in [-0.05, 0) is 0 Å². The molecule has 25 nitrogen and oxygen atoms in total. The van der Waals surface area contributed by atoms with Crippen LogP contribution < -0.4 is 11.5 Å². The number of fused-ring (bicyclic) bond motifs is 2. The Labute approximate surface area is 261 Å². The van der Waals surface area contributed by atoms with Crippen LogP contribution in [-0.4, -0.2) is 139 Å². The van der Waals surface area contributed by atoms with Gasteiger partial charge in [-0.1, -0.05) is 0 Å². The maximum Gasteiger partial charge on any atom is 0.469 e. The summed E-state index contributed by atoms with van der Waals surface area (Å²) >= 11 is 0. The Kier molecular flexibility index (Phi) is 11.2. The number of nitrogen functional groups attached to an aromatic ring is 2. The Bertz CT molecular complexity index is 1760. The molecule has 260 valence electrons. The molecule has 2 fully saturated rings. The lowest BCUT2D eigenvalue weighted by atomic mass is 10.1. The fourth-order valence-corrected chi connectivity index (χ4v) is 4.83. The molecule has 0 amide bonds. The lowest BCUT2D eigenvalue weighted by Gasteiger charge is -2.16. The number of aromatic nitrogens is 8. The largest absolute Gasteiger partial charge is 0.469 e. The number of phosphoric acid groups is 2. The zero-order chi connectivity index (χ0) is 34.8. The highest BCUT2D eigenvalue weighted by atomic mass is 31.2. The Hall–Kier alpha value is -3.36. The van der Waals surface area contributed by atoms with Gasteiger partial charge in [0, 0.05) is 0 Å². The number of aliphatic hydroxyl groups excluding tert-OH is 5. The van der Waals surface area contributed by atoms with Crippen molar-refractivity contribution in [2.75, 3.05) is 24.7 Å². The van der Waals surface area contributed by atoms with E-state index in [2.05, 4.69) is 34.4 Å². The Morgan fingerprint density at radius 3 is 1.49 bits per heavy atom. The van der Waals surface area contributed by atoms with E-state index in [1.807, 2.05) is 0 Å². The quantitative estimate of drug-likeness (QED) is 0.0834. The van der Waals surface area contributed by atoms with E-state index in [-0.39, 0.29) is 17.3 Å². The number of nitrogens with two attached hydrogens (primary N) is 2. The molecule has 0 radical (unpaired) electrons.